The Morgan fingerprint density at radius 2 is 1.97 bits per heavy atom. The zero-order chi connectivity index (χ0) is 19.8. The molecule has 6 rings (SSSR count). The van der Waals surface area contributed by atoms with Crippen molar-refractivity contribution in [2.75, 3.05) is 10.6 Å². The van der Waals surface area contributed by atoms with Gasteiger partial charge in [0.2, 0.25) is 5.91 Å². The molecule has 1 aliphatic heterocycles. The molecule has 1 spiro atoms. The number of carbonyl (C=O) groups is 1. The fourth-order valence-corrected chi connectivity index (χ4v) is 5.22. The summed E-state index contributed by atoms with van der Waals surface area (Å²) in [5.74, 6) is 1.35. The number of amides is 1. The Labute approximate surface area is 170 Å². The van der Waals surface area contributed by atoms with Gasteiger partial charge in [-0.1, -0.05) is 24.3 Å². The molecule has 148 valence electrons. The van der Waals surface area contributed by atoms with E-state index in [2.05, 4.69) is 45.5 Å². The molecule has 3 aromatic rings. The highest BCUT2D eigenvalue weighted by atomic mass is 16.2. The van der Waals surface area contributed by atoms with E-state index in [1.807, 2.05) is 14.0 Å². The van der Waals surface area contributed by atoms with E-state index in [0.29, 0.717) is 0 Å². The van der Waals surface area contributed by atoms with Gasteiger partial charge in [-0.2, -0.15) is 0 Å². The van der Waals surface area contributed by atoms with Crippen LogP contribution in [0.4, 0.5) is 11.4 Å². The maximum atomic E-state index is 12.5. The van der Waals surface area contributed by atoms with Crippen LogP contribution >= 0.6 is 0 Å². The third-order valence-corrected chi connectivity index (χ3v) is 7.13. The summed E-state index contributed by atoms with van der Waals surface area (Å²) in [5.41, 5.74) is 8.36. The molecular formula is C24H26N4O. The lowest BCUT2D eigenvalue weighted by Gasteiger charge is -2.38. The maximum Gasteiger partial charge on any atom is 0.227 e. The van der Waals surface area contributed by atoms with Crippen molar-refractivity contribution in [1.82, 2.24) is 9.55 Å². The van der Waals surface area contributed by atoms with Crippen molar-refractivity contribution in [1.29, 1.82) is 0 Å². The smallest absolute Gasteiger partial charge is 0.227 e. The molecule has 2 heterocycles. The van der Waals surface area contributed by atoms with Gasteiger partial charge in [-0.05, 0) is 62.6 Å². The van der Waals surface area contributed by atoms with Gasteiger partial charge in [-0.15, -0.1) is 0 Å². The van der Waals surface area contributed by atoms with Gasteiger partial charge in [0.15, 0.2) is 0 Å². The van der Waals surface area contributed by atoms with Crippen LogP contribution in [0.3, 0.4) is 0 Å². The van der Waals surface area contributed by atoms with E-state index in [1.165, 1.54) is 16.7 Å². The average molecular weight is 386 g/mol. The number of hydrogen-bond acceptors (Lipinski definition) is 3. The lowest BCUT2D eigenvalue weighted by molar-refractivity contribution is -0.117. The Kier molecular flexibility index (Phi) is 3.44. The topological polar surface area (TPSA) is 59.0 Å². The molecule has 3 aliphatic rings. The normalized spacial score (nSPS) is 19.1. The fourth-order valence-electron chi connectivity index (χ4n) is 5.22. The number of aromatic nitrogens is 2. The molecule has 1 saturated carbocycles. The minimum atomic E-state index is 0.0498. The molecule has 29 heavy (non-hydrogen) atoms. The summed E-state index contributed by atoms with van der Waals surface area (Å²) < 4.78 is 2.12. The molecule has 5 heteroatoms. The van der Waals surface area contributed by atoms with Crippen molar-refractivity contribution in [3.8, 4) is 0 Å². The fraction of sp³-hybridized carbons (Fsp3) is 0.417. The number of carbonyl (C=O) groups excluding carboxylic acids is 1. The molecule has 0 saturated heterocycles. The minimum Gasteiger partial charge on any atom is -0.377 e. The first kappa shape index (κ1) is 17.1. The first-order valence-corrected chi connectivity index (χ1v) is 10.7. The first-order chi connectivity index (χ1) is 14.0. The lowest BCUT2D eigenvalue weighted by Crippen LogP contribution is -2.43. The summed E-state index contributed by atoms with van der Waals surface area (Å²) in [5, 5.41) is 7.17. The highest BCUT2D eigenvalue weighted by Crippen LogP contribution is 2.45. The van der Waals surface area contributed by atoms with Crippen LogP contribution < -0.4 is 10.6 Å². The second-order valence-corrected chi connectivity index (χ2v) is 9.15. The number of nitrogens with zero attached hydrogens (tertiary/aromatic N) is 2. The second kappa shape index (κ2) is 5.85. The van der Waals surface area contributed by atoms with E-state index in [1.54, 1.807) is 0 Å². The zero-order valence-corrected chi connectivity index (χ0v) is 17.0. The molecule has 1 fully saturated rings. The summed E-state index contributed by atoms with van der Waals surface area (Å²) in [4.78, 5) is 17.4. The van der Waals surface area contributed by atoms with E-state index in [-0.39, 0.29) is 17.4 Å². The summed E-state index contributed by atoms with van der Waals surface area (Å²) in [6, 6.07) is 10.9. The Morgan fingerprint density at radius 3 is 2.66 bits per heavy atom. The molecule has 2 N–H and O–H groups in total. The molecule has 1 aromatic heterocycles. The minimum absolute atomic E-state index is 0.0498. The van der Waals surface area contributed by atoms with Crippen molar-refractivity contribution in [3.05, 3.63) is 52.8 Å². The van der Waals surface area contributed by atoms with Gasteiger partial charge >= 0.3 is 0 Å². The van der Waals surface area contributed by atoms with Gasteiger partial charge < -0.3 is 15.2 Å². The predicted molar refractivity (Wildman–Crippen MR) is 115 cm³/mol. The van der Waals surface area contributed by atoms with Gasteiger partial charge in [0.1, 0.15) is 11.3 Å². The van der Waals surface area contributed by atoms with Crippen molar-refractivity contribution < 1.29 is 4.79 Å². The molecule has 0 atom stereocenters. The number of benzene rings is 2. The Hall–Kier alpha value is -2.82. The summed E-state index contributed by atoms with van der Waals surface area (Å²) in [7, 11) is 2.05. The standard InChI is InChI=1S/C24H26N4O/c1-14-25-22-20(28(14)2)11-19(26-23(29)15-7-8-15)18-9-10-24(27-21(18)22)12-16-5-3-4-6-17(16)13-24/h3-6,11,15,27H,7-10,12-13H2,1-2H3,(H,26,29). The van der Waals surface area contributed by atoms with E-state index < -0.39 is 0 Å². The largest absolute Gasteiger partial charge is 0.377 e. The number of hydrogen-bond donors (Lipinski definition) is 2. The zero-order valence-electron chi connectivity index (χ0n) is 17.0. The van der Waals surface area contributed by atoms with E-state index in [4.69, 9.17) is 4.98 Å². The first-order valence-electron chi connectivity index (χ1n) is 10.7. The highest BCUT2D eigenvalue weighted by Gasteiger charge is 2.41. The van der Waals surface area contributed by atoms with Gasteiger partial charge in [0.05, 0.1) is 11.2 Å². The molecule has 2 aromatic carbocycles. The summed E-state index contributed by atoms with van der Waals surface area (Å²) in [6.45, 7) is 2.04. The number of fused-ring (bicyclic) bond motifs is 4. The Bertz CT molecular complexity index is 1150. The monoisotopic (exact) mass is 386 g/mol. The number of aryl methyl sites for hydroxylation is 2. The highest BCUT2D eigenvalue weighted by molar-refractivity contribution is 6.02. The molecule has 0 bridgehead atoms. The number of rotatable bonds is 2. The predicted octanol–water partition coefficient (Wildman–Crippen LogP) is 4.13. The van der Waals surface area contributed by atoms with Crippen molar-refractivity contribution >= 4 is 28.3 Å². The van der Waals surface area contributed by atoms with Gasteiger partial charge in [-0.25, -0.2) is 4.98 Å². The lowest BCUT2D eigenvalue weighted by atomic mass is 9.83. The van der Waals surface area contributed by atoms with Crippen LogP contribution in [0, 0.1) is 12.8 Å². The molecule has 0 unspecified atom stereocenters. The van der Waals surface area contributed by atoms with Crippen LogP contribution in [0.15, 0.2) is 30.3 Å². The van der Waals surface area contributed by atoms with Gasteiger partial charge in [-0.3, -0.25) is 4.79 Å². The van der Waals surface area contributed by atoms with Crippen molar-refractivity contribution in [2.24, 2.45) is 13.0 Å². The molecule has 0 radical (unpaired) electrons. The number of anilines is 2. The van der Waals surface area contributed by atoms with Crippen LogP contribution in [-0.4, -0.2) is 21.0 Å². The second-order valence-electron chi connectivity index (χ2n) is 9.15. The Balaban J connectivity index is 1.46. The van der Waals surface area contributed by atoms with Crippen LogP contribution in [-0.2, 0) is 31.1 Å². The molecule has 5 nitrogen and oxygen atoms in total. The van der Waals surface area contributed by atoms with Crippen LogP contribution in [0.5, 0.6) is 0 Å². The maximum absolute atomic E-state index is 12.5. The van der Waals surface area contributed by atoms with Gasteiger partial charge in [0.25, 0.3) is 0 Å². The third-order valence-electron chi connectivity index (χ3n) is 7.13. The van der Waals surface area contributed by atoms with E-state index >= 15 is 0 Å². The Morgan fingerprint density at radius 1 is 1.24 bits per heavy atom. The summed E-state index contributed by atoms with van der Waals surface area (Å²) >= 11 is 0. The summed E-state index contributed by atoms with van der Waals surface area (Å²) in [6.07, 6.45) is 6.16. The van der Waals surface area contributed by atoms with E-state index in [0.717, 1.165) is 66.8 Å². The average Bonchev–Trinajstić information content (AvgIpc) is 3.45. The quantitative estimate of drug-likeness (QED) is 0.696. The van der Waals surface area contributed by atoms with Gasteiger partial charge in [0, 0.05) is 29.8 Å². The van der Waals surface area contributed by atoms with Crippen molar-refractivity contribution in [3.63, 3.8) is 0 Å². The molecule has 2 aliphatic carbocycles. The number of imidazole rings is 1. The van der Waals surface area contributed by atoms with Crippen LogP contribution in [0.2, 0.25) is 0 Å². The molecule has 1 amide bonds. The van der Waals surface area contributed by atoms with Crippen LogP contribution in [0.25, 0.3) is 11.0 Å². The third kappa shape index (κ3) is 2.60. The molecular weight excluding hydrogens is 360 g/mol. The number of nitrogens with one attached hydrogen (secondary N) is 2. The SMILES string of the molecule is Cc1nc2c3c(c(NC(=O)C4CC4)cc2n1C)CCC1(Cc2ccccc2C1)N3. The van der Waals surface area contributed by atoms with Crippen molar-refractivity contribution in [2.45, 2.75) is 51.0 Å². The van der Waals surface area contributed by atoms with E-state index in [9.17, 15) is 4.79 Å². The van der Waals surface area contributed by atoms with Crippen LogP contribution in [0.1, 0.15) is 41.8 Å².